The summed E-state index contributed by atoms with van der Waals surface area (Å²) in [7, 11) is -3.71. The first-order valence-electron chi connectivity index (χ1n) is 5.91. The van der Waals surface area contributed by atoms with Crippen LogP contribution in [0.1, 0.15) is 43.6 Å². The van der Waals surface area contributed by atoms with Crippen molar-refractivity contribution >= 4 is 15.7 Å². The molecule has 0 aromatic heterocycles. The maximum absolute atomic E-state index is 11.2. The lowest BCUT2D eigenvalue weighted by Gasteiger charge is -2.22. The summed E-state index contributed by atoms with van der Waals surface area (Å²) in [4.78, 5) is 0.0251. The van der Waals surface area contributed by atoms with Gasteiger partial charge in [0.2, 0.25) is 10.0 Å². The second kappa shape index (κ2) is 4.66. The number of benzene rings is 1. The van der Waals surface area contributed by atoms with E-state index in [9.17, 15) is 8.42 Å². The number of anilines is 1. The van der Waals surface area contributed by atoms with E-state index >= 15 is 0 Å². The van der Waals surface area contributed by atoms with Gasteiger partial charge in [-0.25, -0.2) is 13.6 Å². The van der Waals surface area contributed by atoms with Gasteiger partial charge in [0.15, 0.2) is 0 Å². The average Bonchev–Trinajstić information content (AvgIpc) is 2.28. The number of hydrogen-bond donors (Lipinski definition) is 2. The zero-order chi connectivity index (χ0) is 12.5. The van der Waals surface area contributed by atoms with Gasteiger partial charge in [0, 0.05) is 0 Å². The number of nitrogen functional groups attached to an aromatic ring is 1. The molecule has 1 fully saturated rings. The molecule has 17 heavy (non-hydrogen) atoms. The molecule has 5 heteroatoms. The fourth-order valence-corrected chi connectivity index (χ4v) is 3.16. The number of nitrogens with two attached hydrogens (primary N) is 2. The Morgan fingerprint density at radius 3 is 2.29 bits per heavy atom. The molecule has 0 unspecified atom stereocenters. The number of rotatable bonds is 2. The average molecular weight is 254 g/mol. The van der Waals surface area contributed by atoms with Crippen LogP contribution < -0.4 is 10.9 Å². The molecule has 2 rings (SSSR count). The van der Waals surface area contributed by atoms with Crippen molar-refractivity contribution in [2.24, 2.45) is 5.14 Å². The van der Waals surface area contributed by atoms with Crippen molar-refractivity contribution < 1.29 is 8.42 Å². The summed E-state index contributed by atoms with van der Waals surface area (Å²) < 4.78 is 22.5. The molecular weight excluding hydrogens is 236 g/mol. The van der Waals surface area contributed by atoms with Crippen LogP contribution in [0.25, 0.3) is 0 Å². The smallest absolute Gasteiger partial charge is 0.240 e. The van der Waals surface area contributed by atoms with E-state index in [-0.39, 0.29) is 10.6 Å². The van der Waals surface area contributed by atoms with Crippen LogP contribution >= 0.6 is 0 Å². The molecule has 0 radical (unpaired) electrons. The first-order valence-corrected chi connectivity index (χ1v) is 7.45. The van der Waals surface area contributed by atoms with Crippen molar-refractivity contribution in [3.63, 3.8) is 0 Å². The van der Waals surface area contributed by atoms with E-state index in [0.717, 1.165) is 18.4 Å². The number of primary sulfonamides is 1. The fourth-order valence-electron chi connectivity index (χ4n) is 2.52. The highest BCUT2D eigenvalue weighted by molar-refractivity contribution is 7.89. The van der Waals surface area contributed by atoms with Gasteiger partial charge < -0.3 is 5.73 Å². The summed E-state index contributed by atoms with van der Waals surface area (Å²) in [5.74, 6) is 0.514. The van der Waals surface area contributed by atoms with Crippen molar-refractivity contribution in [1.82, 2.24) is 0 Å². The van der Waals surface area contributed by atoms with Crippen LogP contribution in [0, 0.1) is 0 Å². The fraction of sp³-hybridized carbons (Fsp3) is 0.500. The Balaban J connectivity index is 2.30. The van der Waals surface area contributed by atoms with Gasteiger partial charge in [-0.15, -0.1) is 0 Å². The van der Waals surface area contributed by atoms with Crippen molar-refractivity contribution in [2.75, 3.05) is 5.73 Å². The number of hydrogen-bond acceptors (Lipinski definition) is 3. The molecule has 0 saturated heterocycles. The van der Waals surface area contributed by atoms with Gasteiger partial charge in [-0.05, 0) is 36.5 Å². The van der Waals surface area contributed by atoms with E-state index in [1.165, 1.54) is 25.3 Å². The quantitative estimate of drug-likeness (QED) is 0.791. The molecular formula is C12H18N2O2S. The maximum Gasteiger partial charge on any atom is 0.240 e. The highest BCUT2D eigenvalue weighted by Crippen LogP contribution is 2.34. The molecule has 0 heterocycles. The molecule has 4 nitrogen and oxygen atoms in total. The van der Waals surface area contributed by atoms with Gasteiger partial charge in [0.1, 0.15) is 4.90 Å². The van der Waals surface area contributed by atoms with Crippen LogP contribution in [0.3, 0.4) is 0 Å². The van der Waals surface area contributed by atoms with Gasteiger partial charge in [0.05, 0.1) is 5.69 Å². The Hall–Kier alpha value is -1.07. The van der Waals surface area contributed by atoms with Gasteiger partial charge in [-0.2, -0.15) is 0 Å². The van der Waals surface area contributed by atoms with Crippen molar-refractivity contribution in [2.45, 2.75) is 42.9 Å². The summed E-state index contributed by atoms with van der Waals surface area (Å²) in [6, 6.07) is 5.12. The number of sulfonamides is 1. The standard InChI is InChI=1S/C12H18N2O2S/c13-11-8-10(9-4-2-1-3-5-9)6-7-12(11)17(14,15)16/h6-9H,1-5,13H2,(H2,14,15,16). The van der Waals surface area contributed by atoms with Gasteiger partial charge in [0.25, 0.3) is 0 Å². The van der Waals surface area contributed by atoms with E-state index in [2.05, 4.69) is 0 Å². The lowest BCUT2D eigenvalue weighted by atomic mass is 9.84. The van der Waals surface area contributed by atoms with Gasteiger partial charge in [-0.1, -0.05) is 25.3 Å². The Labute approximate surface area is 102 Å². The van der Waals surface area contributed by atoms with Crippen LogP contribution in [-0.2, 0) is 10.0 Å². The van der Waals surface area contributed by atoms with Crippen LogP contribution in [-0.4, -0.2) is 8.42 Å². The molecule has 1 aromatic rings. The van der Waals surface area contributed by atoms with E-state index < -0.39 is 10.0 Å². The third-order valence-corrected chi connectivity index (χ3v) is 4.40. The topological polar surface area (TPSA) is 86.2 Å². The molecule has 4 N–H and O–H groups in total. The lowest BCUT2D eigenvalue weighted by Crippen LogP contribution is -2.15. The minimum absolute atomic E-state index is 0.0251. The molecule has 0 atom stereocenters. The molecule has 0 amide bonds. The zero-order valence-electron chi connectivity index (χ0n) is 9.72. The first kappa shape index (κ1) is 12.4. The second-order valence-electron chi connectivity index (χ2n) is 4.68. The van der Waals surface area contributed by atoms with Crippen molar-refractivity contribution in [1.29, 1.82) is 0 Å². The minimum atomic E-state index is -3.71. The highest BCUT2D eigenvalue weighted by atomic mass is 32.2. The summed E-state index contributed by atoms with van der Waals surface area (Å²) in [6.45, 7) is 0. The largest absolute Gasteiger partial charge is 0.398 e. The molecule has 0 aliphatic heterocycles. The van der Waals surface area contributed by atoms with Crippen LogP contribution in [0.2, 0.25) is 0 Å². The van der Waals surface area contributed by atoms with E-state index in [0.29, 0.717) is 5.92 Å². The summed E-state index contributed by atoms with van der Waals surface area (Å²) in [6.07, 6.45) is 6.09. The maximum atomic E-state index is 11.2. The third kappa shape index (κ3) is 2.79. The van der Waals surface area contributed by atoms with Gasteiger partial charge in [-0.3, -0.25) is 0 Å². The second-order valence-corrected chi connectivity index (χ2v) is 6.21. The van der Waals surface area contributed by atoms with Crippen LogP contribution in [0.4, 0.5) is 5.69 Å². The normalized spacial score (nSPS) is 18.2. The predicted octanol–water partition coefficient (Wildman–Crippen LogP) is 1.96. The molecule has 0 bridgehead atoms. The lowest BCUT2D eigenvalue weighted by molar-refractivity contribution is 0.443. The minimum Gasteiger partial charge on any atom is -0.398 e. The van der Waals surface area contributed by atoms with E-state index in [1.54, 1.807) is 6.07 Å². The van der Waals surface area contributed by atoms with Gasteiger partial charge >= 0.3 is 0 Å². The van der Waals surface area contributed by atoms with E-state index in [4.69, 9.17) is 10.9 Å². The van der Waals surface area contributed by atoms with Crippen LogP contribution in [0.15, 0.2) is 23.1 Å². The molecule has 0 spiro atoms. The first-order chi connectivity index (χ1) is 7.98. The molecule has 1 aliphatic rings. The molecule has 1 aromatic carbocycles. The predicted molar refractivity (Wildman–Crippen MR) is 68.1 cm³/mol. The Morgan fingerprint density at radius 1 is 1.12 bits per heavy atom. The summed E-state index contributed by atoms with van der Waals surface area (Å²) in [5, 5.41) is 5.08. The summed E-state index contributed by atoms with van der Waals surface area (Å²) >= 11 is 0. The third-order valence-electron chi connectivity index (χ3n) is 3.42. The monoisotopic (exact) mass is 254 g/mol. The molecule has 1 aliphatic carbocycles. The van der Waals surface area contributed by atoms with Crippen LogP contribution in [0.5, 0.6) is 0 Å². The van der Waals surface area contributed by atoms with Crippen molar-refractivity contribution in [3.8, 4) is 0 Å². The summed E-state index contributed by atoms with van der Waals surface area (Å²) in [5.41, 5.74) is 7.15. The zero-order valence-corrected chi connectivity index (χ0v) is 10.5. The SMILES string of the molecule is Nc1cc(C2CCCCC2)ccc1S(N)(=O)=O. The van der Waals surface area contributed by atoms with Crippen molar-refractivity contribution in [3.05, 3.63) is 23.8 Å². The Morgan fingerprint density at radius 2 is 1.76 bits per heavy atom. The molecule has 1 saturated carbocycles. The van der Waals surface area contributed by atoms with E-state index in [1.807, 2.05) is 6.07 Å². The highest BCUT2D eigenvalue weighted by Gasteiger charge is 2.18. The molecule has 94 valence electrons. The Kier molecular flexibility index (Phi) is 3.40. The Bertz CT molecular complexity index is 505.